The Morgan fingerprint density at radius 2 is 2.09 bits per heavy atom. The highest BCUT2D eigenvalue weighted by atomic mass is 16.5. The fraction of sp³-hybridized carbons (Fsp3) is 0.500. The second-order valence-electron chi connectivity index (χ2n) is 2.30. The van der Waals surface area contributed by atoms with Crippen molar-refractivity contribution in [3.05, 3.63) is 11.9 Å². The number of hydroxylamine groups is 1. The van der Waals surface area contributed by atoms with Crippen LogP contribution in [-0.2, 0) is 0 Å². The first-order chi connectivity index (χ1) is 5.11. The highest BCUT2D eigenvalue weighted by Crippen LogP contribution is 1.93. The molecular formula is C6H13N3O2. The Morgan fingerprint density at radius 3 is 2.36 bits per heavy atom. The van der Waals surface area contributed by atoms with Crippen LogP contribution in [0.3, 0.4) is 0 Å². The molecule has 11 heavy (non-hydrogen) atoms. The standard InChI is InChI=1S/C6H13N3O2/c1-5(7-10)6(8-11)4-9(2)3/h4,8,10-11H,1-3H3. The van der Waals surface area contributed by atoms with Crippen LogP contribution >= 0.6 is 0 Å². The number of allylic oxidation sites excluding steroid dienone is 1. The minimum absolute atomic E-state index is 0.321. The van der Waals surface area contributed by atoms with Crippen LogP contribution in [0, 0.1) is 0 Å². The highest BCUT2D eigenvalue weighted by Gasteiger charge is 1.99. The monoisotopic (exact) mass is 159 g/mol. The Balaban J connectivity index is 4.40. The summed E-state index contributed by atoms with van der Waals surface area (Å²) < 4.78 is 0. The van der Waals surface area contributed by atoms with Gasteiger partial charge in [-0.2, -0.15) is 0 Å². The molecule has 0 saturated carbocycles. The molecule has 0 atom stereocenters. The molecule has 0 bridgehead atoms. The molecule has 0 amide bonds. The molecule has 0 fully saturated rings. The molecule has 0 saturated heterocycles. The van der Waals surface area contributed by atoms with E-state index in [1.54, 1.807) is 32.1 Å². The van der Waals surface area contributed by atoms with E-state index in [1.165, 1.54) is 0 Å². The van der Waals surface area contributed by atoms with Crippen molar-refractivity contribution in [2.45, 2.75) is 6.92 Å². The van der Waals surface area contributed by atoms with Crippen LogP contribution in [0.1, 0.15) is 6.92 Å². The fourth-order valence-electron chi connectivity index (χ4n) is 0.515. The average Bonchev–Trinajstić information content (AvgIpc) is 1.98. The summed E-state index contributed by atoms with van der Waals surface area (Å²) in [7, 11) is 3.59. The van der Waals surface area contributed by atoms with E-state index in [-0.39, 0.29) is 0 Å². The maximum absolute atomic E-state index is 8.54. The van der Waals surface area contributed by atoms with Gasteiger partial charge in [0.15, 0.2) is 0 Å². The van der Waals surface area contributed by atoms with Crippen LogP contribution in [0.5, 0.6) is 0 Å². The Hall–Kier alpha value is -1.23. The van der Waals surface area contributed by atoms with Gasteiger partial charge >= 0.3 is 0 Å². The largest absolute Gasteiger partial charge is 0.411 e. The Kier molecular flexibility index (Phi) is 4.05. The van der Waals surface area contributed by atoms with E-state index >= 15 is 0 Å². The van der Waals surface area contributed by atoms with E-state index in [1.807, 2.05) is 5.48 Å². The average molecular weight is 159 g/mol. The predicted molar refractivity (Wildman–Crippen MR) is 41.6 cm³/mol. The Morgan fingerprint density at radius 1 is 1.55 bits per heavy atom. The summed E-state index contributed by atoms with van der Waals surface area (Å²) in [6, 6.07) is 0. The Bertz CT molecular complexity index is 175. The molecule has 0 aliphatic carbocycles. The molecule has 0 aliphatic rings. The van der Waals surface area contributed by atoms with E-state index in [2.05, 4.69) is 5.16 Å². The highest BCUT2D eigenvalue weighted by molar-refractivity contribution is 5.96. The van der Waals surface area contributed by atoms with E-state index in [0.29, 0.717) is 11.4 Å². The number of nitrogens with one attached hydrogen (secondary N) is 1. The van der Waals surface area contributed by atoms with Crippen molar-refractivity contribution in [2.75, 3.05) is 14.1 Å². The first kappa shape index (κ1) is 9.77. The molecule has 0 radical (unpaired) electrons. The lowest BCUT2D eigenvalue weighted by atomic mass is 10.3. The third-order valence-corrected chi connectivity index (χ3v) is 1.05. The van der Waals surface area contributed by atoms with Crippen LogP contribution in [0.15, 0.2) is 17.1 Å². The summed E-state index contributed by atoms with van der Waals surface area (Å²) >= 11 is 0. The summed E-state index contributed by atoms with van der Waals surface area (Å²) in [6.07, 6.45) is 1.59. The molecule has 0 aromatic heterocycles. The minimum atomic E-state index is 0.321. The van der Waals surface area contributed by atoms with Crippen LogP contribution in [-0.4, -0.2) is 35.1 Å². The van der Waals surface area contributed by atoms with Gasteiger partial charge < -0.3 is 10.1 Å². The number of oxime groups is 1. The van der Waals surface area contributed by atoms with Crippen molar-refractivity contribution in [1.82, 2.24) is 10.4 Å². The summed E-state index contributed by atoms with van der Waals surface area (Å²) in [4.78, 5) is 1.72. The lowest BCUT2D eigenvalue weighted by molar-refractivity contribution is 0.204. The van der Waals surface area contributed by atoms with E-state index in [0.717, 1.165) is 0 Å². The van der Waals surface area contributed by atoms with Gasteiger partial charge in [0.05, 0.1) is 0 Å². The third-order valence-electron chi connectivity index (χ3n) is 1.05. The summed E-state index contributed by atoms with van der Waals surface area (Å²) in [5.41, 5.74) is 2.59. The first-order valence-corrected chi connectivity index (χ1v) is 3.09. The van der Waals surface area contributed by atoms with Crippen LogP contribution in [0.4, 0.5) is 0 Å². The second-order valence-corrected chi connectivity index (χ2v) is 2.30. The van der Waals surface area contributed by atoms with Crippen molar-refractivity contribution < 1.29 is 10.4 Å². The zero-order chi connectivity index (χ0) is 8.85. The molecule has 64 valence electrons. The van der Waals surface area contributed by atoms with Crippen molar-refractivity contribution in [1.29, 1.82) is 0 Å². The SMILES string of the molecule is CC(=NO)C(=CN(C)C)NO. The van der Waals surface area contributed by atoms with Crippen molar-refractivity contribution in [2.24, 2.45) is 5.16 Å². The smallest absolute Gasteiger partial charge is 0.103 e. The third kappa shape index (κ3) is 3.47. The van der Waals surface area contributed by atoms with Gasteiger partial charge in [-0.1, -0.05) is 5.16 Å². The maximum Gasteiger partial charge on any atom is 0.103 e. The molecule has 0 aliphatic heterocycles. The molecule has 0 heterocycles. The molecule has 5 nitrogen and oxygen atoms in total. The van der Waals surface area contributed by atoms with E-state index in [9.17, 15) is 0 Å². The van der Waals surface area contributed by atoms with Gasteiger partial charge in [-0.05, 0) is 6.92 Å². The first-order valence-electron chi connectivity index (χ1n) is 3.09. The Labute approximate surface area is 65.6 Å². The van der Waals surface area contributed by atoms with Gasteiger partial charge in [-0.25, -0.2) is 0 Å². The number of hydrogen-bond donors (Lipinski definition) is 3. The predicted octanol–water partition coefficient (Wildman–Crippen LogP) is 0.218. The molecule has 0 unspecified atom stereocenters. The van der Waals surface area contributed by atoms with Crippen LogP contribution < -0.4 is 5.48 Å². The zero-order valence-corrected chi connectivity index (χ0v) is 6.87. The number of nitrogens with zero attached hydrogens (tertiary/aromatic N) is 2. The lowest BCUT2D eigenvalue weighted by Gasteiger charge is -2.08. The normalized spacial score (nSPS) is 13.1. The van der Waals surface area contributed by atoms with Crippen molar-refractivity contribution >= 4 is 5.71 Å². The van der Waals surface area contributed by atoms with Gasteiger partial charge in [0.2, 0.25) is 0 Å². The number of hydrogen-bond acceptors (Lipinski definition) is 5. The molecule has 0 aromatic rings. The van der Waals surface area contributed by atoms with Gasteiger partial charge in [0.1, 0.15) is 11.4 Å². The zero-order valence-electron chi connectivity index (χ0n) is 6.87. The fourth-order valence-corrected chi connectivity index (χ4v) is 0.515. The van der Waals surface area contributed by atoms with Gasteiger partial charge in [-0.3, -0.25) is 10.7 Å². The quantitative estimate of drug-likeness (QED) is 0.313. The molecule has 5 heteroatoms. The van der Waals surface area contributed by atoms with Crippen LogP contribution in [0.2, 0.25) is 0 Å². The number of rotatable bonds is 3. The molecule has 0 rings (SSSR count). The second kappa shape index (κ2) is 4.56. The van der Waals surface area contributed by atoms with Crippen LogP contribution in [0.25, 0.3) is 0 Å². The summed E-state index contributed by atoms with van der Waals surface area (Å²) in [6.45, 7) is 1.57. The topological polar surface area (TPSA) is 68.1 Å². The maximum atomic E-state index is 8.54. The minimum Gasteiger partial charge on any atom is -0.411 e. The van der Waals surface area contributed by atoms with E-state index < -0.39 is 0 Å². The molecule has 0 spiro atoms. The van der Waals surface area contributed by atoms with E-state index in [4.69, 9.17) is 10.4 Å². The summed E-state index contributed by atoms with van der Waals surface area (Å²) in [5.74, 6) is 0. The lowest BCUT2D eigenvalue weighted by Crippen LogP contribution is -2.18. The molecule has 0 aromatic carbocycles. The van der Waals surface area contributed by atoms with Gasteiger partial charge in [-0.15, -0.1) is 0 Å². The molecular weight excluding hydrogens is 146 g/mol. The van der Waals surface area contributed by atoms with Gasteiger partial charge in [0.25, 0.3) is 0 Å². The van der Waals surface area contributed by atoms with Gasteiger partial charge in [0, 0.05) is 20.3 Å². The van der Waals surface area contributed by atoms with Crippen molar-refractivity contribution in [3.63, 3.8) is 0 Å². The van der Waals surface area contributed by atoms with Crippen molar-refractivity contribution in [3.8, 4) is 0 Å². The summed E-state index contributed by atoms with van der Waals surface area (Å²) in [5, 5.41) is 19.8. The molecule has 3 N–H and O–H groups in total.